The van der Waals surface area contributed by atoms with E-state index in [1.54, 1.807) is 0 Å². The normalized spacial score (nSPS) is 11.2. The van der Waals surface area contributed by atoms with E-state index in [0.29, 0.717) is 0 Å². The number of aromatic carboxylic acids is 1. The van der Waals surface area contributed by atoms with Crippen molar-refractivity contribution < 1.29 is 23.1 Å². The number of carboxylic acids is 1. The highest BCUT2D eigenvalue weighted by Crippen LogP contribution is 2.31. The van der Waals surface area contributed by atoms with Crippen LogP contribution in [0.3, 0.4) is 0 Å². The molecule has 2 rings (SSSR count). The van der Waals surface area contributed by atoms with Crippen molar-refractivity contribution in [2.24, 2.45) is 0 Å². The Labute approximate surface area is 121 Å². The Morgan fingerprint density at radius 1 is 1.24 bits per heavy atom. The smallest absolute Gasteiger partial charge is 0.416 e. The average Bonchev–Trinajstić information content (AvgIpc) is 2.40. The minimum absolute atomic E-state index is 0.0314. The minimum Gasteiger partial charge on any atom is -0.478 e. The molecule has 0 aliphatic rings. The van der Waals surface area contributed by atoms with Gasteiger partial charge in [-0.3, -0.25) is 0 Å². The van der Waals surface area contributed by atoms with Crippen molar-refractivity contribution in [3.8, 4) is 0 Å². The Kier molecular flexibility index (Phi) is 3.99. The number of anilines is 2. The van der Waals surface area contributed by atoms with Gasteiger partial charge in [-0.25, -0.2) is 4.79 Å². The molecule has 0 fully saturated rings. The highest BCUT2D eigenvalue weighted by Gasteiger charge is 2.30. The van der Waals surface area contributed by atoms with E-state index >= 15 is 0 Å². The maximum absolute atomic E-state index is 12.6. The van der Waals surface area contributed by atoms with Gasteiger partial charge in [-0.15, -0.1) is 10.2 Å². The zero-order chi connectivity index (χ0) is 15.6. The van der Waals surface area contributed by atoms with Gasteiger partial charge in [-0.05, 0) is 24.3 Å². The van der Waals surface area contributed by atoms with E-state index in [-0.39, 0.29) is 22.2 Å². The molecule has 0 amide bonds. The fraction of sp³-hybridized carbons (Fsp3) is 0.0833. The number of alkyl halides is 3. The molecule has 110 valence electrons. The van der Waals surface area contributed by atoms with Gasteiger partial charge in [0.25, 0.3) is 0 Å². The summed E-state index contributed by atoms with van der Waals surface area (Å²) in [5.74, 6) is -1.53. The minimum atomic E-state index is -4.50. The molecule has 0 spiro atoms. The summed E-state index contributed by atoms with van der Waals surface area (Å²) in [6.07, 6.45) is -4.50. The summed E-state index contributed by atoms with van der Waals surface area (Å²) >= 11 is 5.54. The Bertz CT molecular complexity index is 692. The molecule has 0 aliphatic carbocycles. The predicted molar refractivity (Wildman–Crippen MR) is 68.7 cm³/mol. The van der Waals surface area contributed by atoms with Gasteiger partial charge in [-0.1, -0.05) is 17.7 Å². The highest BCUT2D eigenvalue weighted by atomic mass is 35.5. The molecular formula is C12H7ClF3N3O2. The van der Waals surface area contributed by atoms with Crippen LogP contribution >= 0.6 is 11.6 Å². The maximum Gasteiger partial charge on any atom is 0.416 e. The van der Waals surface area contributed by atoms with Crippen LogP contribution in [0.15, 0.2) is 30.3 Å². The molecule has 0 bridgehead atoms. The molecule has 1 aromatic heterocycles. The number of nitrogens with one attached hydrogen (secondary N) is 1. The first kappa shape index (κ1) is 15.0. The summed E-state index contributed by atoms with van der Waals surface area (Å²) in [5.41, 5.74) is -1.14. The topological polar surface area (TPSA) is 75.1 Å². The third-order valence-electron chi connectivity index (χ3n) is 2.45. The molecule has 1 aromatic carbocycles. The summed E-state index contributed by atoms with van der Waals surface area (Å²) in [4.78, 5) is 11.0. The van der Waals surface area contributed by atoms with Crippen LogP contribution in [-0.2, 0) is 6.18 Å². The van der Waals surface area contributed by atoms with Crippen molar-refractivity contribution in [3.05, 3.63) is 46.6 Å². The fourth-order valence-corrected chi connectivity index (χ4v) is 1.68. The second kappa shape index (κ2) is 5.57. The van der Waals surface area contributed by atoms with Crippen LogP contribution in [0.25, 0.3) is 0 Å². The number of rotatable bonds is 3. The van der Waals surface area contributed by atoms with Crippen LogP contribution in [-0.4, -0.2) is 21.3 Å². The fourth-order valence-electron chi connectivity index (χ4n) is 1.53. The van der Waals surface area contributed by atoms with Crippen LogP contribution < -0.4 is 5.32 Å². The average molecular weight is 318 g/mol. The largest absolute Gasteiger partial charge is 0.478 e. The number of halogens is 4. The summed E-state index contributed by atoms with van der Waals surface area (Å²) in [6, 6.07) is 5.32. The van der Waals surface area contributed by atoms with Crippen LogP contribution in [0.5, 0.6) is 0 Å². The van der Waals surface area contributed by atoms with E-state index in [1.165, 1.54) is 12.1 Å². The molecule has 1 heterocycles. The molecule has 2 aromatic rings. The number of aromatic nitrogens is 2. The van der Waals surface area contributed by atoms with Crippen LogP contribution in [0.1, 0.15) is 15.9 Å². The summed E-state index contributed by atoms with van der Waals surface area (Å²) < 4.78 is 37.8. The monoisotopic (exact) mass is 317 g/mol. The number of carboxylic acid groups (broad SMARTS) is 1. The second-order valence-corrected chi connectivity index (χ2v) is 4.33. The maximum atomic E-state index is 12.6. The van der Waals surface area contributed by atoms with Gasteiger partial charge in [0.2, 0.25) is 0 Å². The SMILES string of the molecule is O=C(O)c1cc(Cl)nnc1Nc1cccc(C(F)(F)F)c1. The number of hydrogen-bond donors (Lipinski definition) is 2. The molecule has 0 saturated carbocycles. The predicted octanol–water partition coefficient (Wildman–Crippen LogP) is 3.59. The number of carbonyl (C=O) groups is 1. The quantitative estimate of drug-likeness (QED) is 0.904. The zero-order valence-electron chi connectivity index (χ0n) is 10.1. The standard InChI is InChI=1S/C12H7ClF3N3O2/c13-9-5-8(11(20)21)10(19-18-9)17-7-3-1-2-6(4-7)12(14,15)16/h1-5H,(H,17,19)(H,20,21). The summed E-state index contributed by atoms with van der Waals surface area (Å²) in [7, 11) is 0. The van der Waals surface area contributed by atoms with E-state index in [0.717, 1.165) is 18.2 Å². The van der Waals surface area contributed by atoms with Gasteiger partial charge in [-0.2, -0.15) is 13.2 Å². The first-order valence-corrected chi connectivity index (χ1v) is 5.86. The van der Waals surface area contributed by atoms with E-state index in [4.69, 9.17) is 16.7 Å². The molecule has 0 atom stereocenters. The Balaban J connectivity index is 2.37. The van der Waals surface area contributed by atoms with Crippen molar-refractivity contribution in [1.29, 1.82) is 0 Å². The second-order valence-electron chi connectivity index (χ2n) is 3.94. The summed E-state index contributed by atoms with van der Waals surface area (Å²) in [6.45, 7) is 0. The first-order valence-electron chi connectivity index (χ1n) is 5.48. The Morgan fingerprint density at radius 2 is 1.95 bits per heavy atom. The lowest BCUT2D eigenvalue weighted by Gasteiger charge is -2.11. The van der Waals surface area contributed by atoms with E-state index < -0.39 is 17.7 Å². The lowest BCUT2D eigenvalue weighted by molar-refractivity contribution is -0.137. The van der Waals surface area contributed by atoms with Crippen LogP contribution in [0, 0.1) is 0 Å². The number of benzene rings is 1. The highest BCUT2D eigenvalue weighted by molar-refractivity contribution is 6.29. The molecule has 2 N–H and O–H groups in total. The van der Waals surface area contributed by atoms with Crippen molar-refractivity contribution >= 4 is 29.1 Å². The van der Waals surface area contributed by atoms with Gasteiger partial charge in [0.05, 0.1) is 5.56 Å². The van der Waals surface area contributed by atoms with Gasteiger partial charge in [0, 0.05) is 5.69 Å². The van der Waals surface area contributed by atoms with Crippen LogP contribution in [0.4, 0.5) is 24.7 Å². The molecule has 21 heavy (non-hydrogen) atoms. The Morgan fingerprint density at radius 3 is 2.57 bits per heavy atom. The van der Waals surface area contributed by atoms with E-state index in [9.17, 15) is 18.0 Å². The molecule has 9 heteroatoms. The molecule has 5 nitrogen and oxygen atoms in total. The Hall–Kier alpha value is -2.35. The third kappa shape index (κ3) is 3.60. The third-order valence-corrected chi connectivity index (χ3v) is 2.63. The van der Waals surface area contributed by atoms with Crippen molar-refractivity contribution in [3.63, 3.8) is 0 Å². The molecule has 0 aliphatic heterocycles. The van der Waals surface area contributed by atoms with Crippen molar-refractivity contribution in [2.45, 2.75) is 6.18 Å². The zero-order valence-corrected chi connectivity index (χ0v) is 10.9. The number of hydrogen-bond acceptors (Lipinski definition) is 4. The van der Waals surface area contributed by atoms with Gasteiger partial charge >= 0.3 is 12.1 Å². The molecule has 0 radical (unpaired) electrons. The molecular weight excluding hydrogens is 311 g/mol. The summed E-state index contributed by atoms with van der Waals surface area (Å²) in [5, 5.41) is 18.3. The lowest BCUT2D eigenvalue weighted by atomic mass is 10.2. The number of nitrogens with zero attached hydrogens (tertiary/aromatic N) is 2. The van der Waals surface area contributed by atoms with Crippen molar-refractivity contribution in [1.82, 2.24) is 10.2 Å². The lowest BCUT2D eigenvalue weighted by Crippen LogP contribution is -2.08. The van der Waals surface area contributed by atoms with E-state index in [1.807, 2.05) is 0 Å². The van der Waals surface area contributed by atoms with Gasteiger partial charge in [0.15, 0.2) is 11.0 Å². The molecule has 0 saturated heterocycles. The first-order chi connectivity index (χ1) is 9.77. The van der Waals surface area contributed by atoms with E-state index in [2.05, 4.69) is 15.5 Å². The van der Waals surface area contributed by atoms with Crippen molar-refractivity contribution in [2.75, 3.05) is 5.32 Å². The van der Waals surface area contributed by atoms with Crippen LogP contribution in [0.2, 0.25) is 5.15 Å². The van der Waals surface area contributed by atoms with Gasteiger partial charge in [0.1, 0.15) is 5.56 Å². The van der Waals surface area contributed by atoms with Gasteiger partial charge < -0.3 is 10.4 Å². The molecule has 0 unspecified atom stereocenters.